The summed E-state index contributed by atoms with van der Waals surface area (Å²) in [6, 6.07) is 11.2. The van der Waals surface area contributed by atoms with Crippen molar-refractivity contribution in [3.63, 3.8) is 0 Å². The van der Waals surface area contributed by atoms with Gasteiger partial charge in [0.1, 0.15) is 13.2 Å². The molecule has 2 aromatic carbocycles. The van der Waals surface area contributed by atoms with Crippen LogP contribution in [0.4, 0.5) is 0 Å². The van der Waals surface area contributed by atoms with E-state index in [1.54, 1.807) is 12.1 Å². The van der Waals surface area contributed by atoms with Crippen molar-refractivity contribution in [2.24, 2.45) is 0 Å². The van der Waals surface area contributed by atoms with Gasteiger partial charge in [-0.2, -0.15) is 0 Å². The first-order chi connectivity index (χ1) is 13.0. The molecule has 0 bridgehead atoms. The molecule has 0 spiro atoms. The van der Waals surface area contributed by atoms with Crippen molar-refractivity contribution in [1.82, 2.24) is 5.32 Å². The number of fused-ring (bicyclic) bond motifs is 1. The smallest absolute Gasteiger partial charge is 0.338 e. The van der Waals surface area contributed by atoms with Gasteiger partial charge in [0.05, 0.1) is 5.56 Å². The van der Waals surface area contributed by atoms with Crippen molar-refractivity contribution >= 4 is 11.9 Å². The summed E-state index contributed by atoms with van der Waals surface area (Å²) in [5.74, 6) is 0.647. The summed E-state index contributed by atoms with van der Waals surface area (Å²) in [5.41, 5.74) is 3.44. The Morgan fingerprint density at radius 1 is 1.00 bits per heavy atom. The van der Waals surface area contributed by atoms with E-state index in [0.717, 1.165) is 28.2 Å². The first kappa shape index (κ1) is 18.8. The Bertz CT molecular complexity index is 826. The lowest BCUT2D eigenvalue weighted by molar-refractivity contribution is -0.124. The van der Waals surface area contributed by atoms with Crippen LogP contribution in [0.5, 0.6) is 11.5 Å². The average molecular weight is 369 g/mol. The van der Waals surface area contributed by atoms with E-state index >= 15 is 0 Å². The monoisotopic (exact) mass is 369 g/mol. The molecule has 0 unspecified atom stereocenters. The fourth-order valence-electron chi connectivity index (χ4n) is 2.95. The quantitative estimate of drug-likeness (QED) is 0.793. The lowest BCUT2D eigenvalue weighted by atomic mass is 10.1. The second-order valence-corrected chi connectivity index (χ2v) is 6.53. The van der Waals surface area contributed by atoms with Gasteiger partial charge < -0.3 is 19.5 Å². The minimum atomic E-state index is -0.496. The molecule has 0 atom stereocenters. The van der Waals surface area contributed by atoms with Crippen LogP contribution < -0.4 is 14.8 Å². The maximum atomic E-state index is 12.1. The Morgan fingerprint density at radius 3 is 2.44 bits per heavy atom. The van der Waals surface area contributed by atoms with Crippen LogP contribution in [0.2, 0.25) is 0 Å². The number of benzene rings is 2. The second-order valence-electron chi connectivity index (χ2n) is 6.53. The van der Waals surface area contributed by atoms with E-state index in [-0.39, 0.29) is 12.5 Å². The molecule has 0 saturated carbocycles. The summed E-state index contributed by atoms with van der Waals surface area (Å²) in [6.07, 6.45) is 0.646. The van der Waals surface area contributed by atoms with Crippen molar-refractivity contribution in [3.05, 3.63) is 58.7 Å². The van der Waals surface area contributed by atoms with Gasteiger partial charge in [-0.1, -0.05) is 23.3 Å². The Labute approximate surface area is 158 Å². The molecule has 1 aliphatic rings. The SMILES string of the molecule is Cc1cc(C)cc(C(=O)OCC(=O)NCCc2ccc3c(c2)OCCO3)c1. The number of hydrogen-bond donors (Lipinski definition) is 1. The molecule has 1 amide bonds. The summed E-state index contributed by atoms with van der Waals surface area (Å²) < 4.78 is 16.1. The summed E-state index contributed by atoms with van der Waals surface area (Å²) in [5, 5.41) is 2.75. The Kier molecular flexibility index (Phi) is 5.96. The first-order valence-electron chi connectivity index (χ1n) is 8.92. The topological polar surface area (TPSA) is 73.9 Å². The zero-order chi connectivity index (χ0) is 19.2. The normalized spacial score (nSPS) is 12.4. The fourth-order valence-corrected chi connectivity index (χ4v) is 2.95. The lowest BCUT2D eigenvalue weighted by Crippen LogP contribution is -2.30. The maximum absolute atomic E-state index is 12.1. The van der Waals surface area contributed by atoms with Gasteiger partial charge in [-0.25, -0.2) is 4.79 Å². The van der Waals surface area contributed by atoms with Crippen LogP contribution in [-0.2, 0) is 16.0 Å². The lowest BCUT2D eigenvalue weighted by Gasteiger charge is -2.18. The van der Waals surface area contributed by atoms with Gasteiger partial charge in [-0.3, -0.25) is 4.79 Å². The van der Waals surface area contributed by atoms with Gasteiger partial charge in [-0.15, -0.1) is 0 Å². The molecule has 0 aliphatic carbocycles. The van der Waals surface area contributed by atoms with Crippen LogP contribution in [-0.4, -0.2) is 38.2 Å². The molecule has 3 rings (SSSR count). The van der Waals surface area contributed by atoms with Crippen LogP contribution in [0, 0.1) is 13.8 Å². The molecule has 2 aromatic rings. The number of esters is 1. The van der Waals surface area contributed by atoms with E-state index in [2.05, 4.69) is 5.32 Å². The van der Waals surface area contributed by atoms with Gasteiger partial charge in [0.2, 0.25) is 0 Å². The standard InChI is InChI=1S/C21H23NO5/c1-14-9-15(2)11-17(10-14)21(24)27-13-20(23)22-6-5-16-3-4-18-19(12-16)26-8-7-25-18/h3-4,9-12H,5-8,13H2,1-2H3,(H,22,23). The number of nitrogens with one attached hydrogen (secondary N) is 1. The molecule has 0 saturated heterocycles. The van der Waals surface area contributed by atoms with E-state index in [1.807, 2.05) is 38.1 Å². The Hall–Kier alpha value is -3.02. The first-order valence-corrected chi connectivity index (χ1v) is 8.92. The Balaban J connectivity index is 1.42. The van der Waals surface area contributed by atoms with Gasteiger partial charge >= 0.3 is 5.97 Å². The third kappa shape index (κ3) is 5.23. The largest absolute Gasteiger partial charge is 0.486 e. The summed E-state index contributed by atoms with van der Waals surface area (Å²) >= 11 is 0. The van der Waals surface area contributed by atoms with Crippen LogP contribution in [0.15, 0.2) is 36.4 Å². The molecule has 142 valence electrons. The average Bonchev–Trinajstić information content (AvgIpc) is 2.65. The van der Waals surface area contributed by atoms with Gasteiger partial charge in [0, 0.05) is 6.54 Å². The molecule has 0 aromatic heterocycles. The number of rotatable bonds is 6. The predicted molar refractivity (Wildman–Crippen MR) is 100 cm³/mol. The minimum absolute atomic E-state index is 0.299. The molecule has 0 fully saturated rings. The zero-order valence-corrected chi connectivity index (χ0v) is 15.5. The number of carbonyl (C=O) groups is 2. The van der Waals surface area contributed by atoms with E-state index < -0.39 is 5.97 Å². The van der Waals surface area contributed by atoms with Crippen molar-refractivity contribution in [3.8, 4) is 11.5 Å². The van der Waals surface area contributed by atoms with Crippen molar-refractivity contribution in [2.75, 3.05) is 26.4 Å². The Morgan fingerprint density at radius 2 is 1.70 bits per heavy atom. The number of ether oxygens (including phenoxy) is 3. The summed E-state index contributed by atoms with van der Waals surface area (Å²) in [7, 11) is 0. The van der Waals surface area contributed by atoms with Gasteiger partial charge in [-0.05, 0) is 50.1 Å². The fraction of sp³-hybridized carbons (Fsp3) is 0.333. The number of hydrogen-bond acceptors (Lipinski definition) is 5. The highest BCUT2D eigenvalue weighted by Gasteiger charge is 2.13. The molecule has 0 radical (unpaired) electrons. The van der Waals surface area contributed by atoms with Crippen molar-refractivity contribution in [2.45, 2.75) is 20.3 Å². The van der Waals surface area contributed by atoms with Crippen LogP contribution in [0.25, 0.3) is 0 Å². The van der Waals surface area contributed by atoms with Crippen molar-refractivity contribution < 1.29 is 23.8 Å². The van der Waals surface area contributed by atoms with Crippen LogP contribution >= 0.6 is 0 Å². The van der Waals surface area contributed by atoms with E-state index in [0.29, 0.717) is 31.7 Å². The van der Waals surface area contributed by atoms with E-state index in [4.69, 9.17) is 14.2 Å². The number of carbonyl (C=O) groups excluding carboxylic acids is 2. The van der Waals surface area contributed by atoms with Crippen molar-refractivity contribution in [1.29, 1.82) is 0 Å². The van der Waals surface area contributed by atoms with E-state index in [1.165, 1.54) is 0 Å². The highest BCUT2D eigenvalue weighted by Crippen LogP contribution is 2.30. The molecular formula is C21H23NO5. The summed E-state index contributed by atoms with van der Waals surface area (Å²) in [4.78, 5) is 24.0. The van der Waals surface area contributed by atoms with Gasteiger partial charge in [0.15, 0.2) is 18.1 Å². The maximum Gasteiger partial charge on any atom is 0.338 e. The molecule has 1 N–H and O–H groups in total. The molecule has 1 aliphatic heterocycles. The molecular weight excluding hydrogens is 346 g/mol. The third-order valence-electron chi connectivity index (χ3n) is 4.13. The molecule has 27 heavy (non-hydrogen) atoms. The molecule has 6 heteroatoms. The minimum Gasteiger partial charge on any atom is -0.486 e. The van der Waals surface area contributed by atoms with Gasteiger partial charge in [0.25, 0.3) is 5.91 Å². The highest BCUT2D eigenvalue weighted by atomic mass is 16.6. The molecule has 1 heterocycles. The number of amides is 1. The van der Waals surface area contributed by atoms with Crippen LogP contribution in [0.3, 0.4) is 0 Å². The third-order valence-corrected chi connectivity index (χ3v) is 4.13. The molecule has 6 nitrogen and oxygen atoms in total. The zero-order valence-electron chi connectivity index (χ0n) is 15.5. The highest BCUT2D eigenvalue weighted by molar-refractivity contribution is 5.91. The second kappa shape index (κ2) is 8.58. The van der Waals surface area contributed by atoms with Crippen LogP contribution in [0.1, 0.15) is 27.0 Å². The summed E-state index contributed by atoms with van der Waals surface area (Å²) in [6.45, 7) is 5.07. The van der Waals surface area contributed by atoms with E-state index in [9.17, 15) is 9.59 Å². The number of aryl methyl sites for hydroxylation is 2. The predicted octanol–water partition coefficient (Wildman–Crippen LogP) is 2.59.